The van der Waals surface area contributed by atoms with Crippen LogP contribution < -0.4 is 20.8 Å². The van der Waals surface area contributed by atoms with Crippen LogP contribution in [0.5, 0.6) is 11.5 Å². The lowest BCUT2D eigenvalue weighted by molar-refractivity contribution is -0.136. The van der Waals surface area contributed by atoms with Crippen LogP contribution in [0.2, 0.25) is 0 Å². The first-order valence-electron chi connectivity index (χ1n) is 10.4. The van der Waals surface area contributed by atoms with Crippen molar-refractivity contribution in [1.29, 1.82) is 0 Å². The molecule has 9 heteroatoms. The number of amides is 3. The highest BCUT2D eigenvalue weighted by Gasteiger charge is 2.20. The predicted octanol–water partition coefficient (Wildman–Crippen LogP) is 2.55. The SMILES string of the molecule is COc1ccc(O)c(C=NNC(=O)C(=O)Nc2ccccc2C(=O)NC2CCCCC2)c1. The zero-order valence-corrected chi connectivity index (χ0v) is 17.8. The van der Waals surface area contributed by atoms with E-state index in [4.69, 9.17) is 4.74 Å². The molecular weight excluding hydrogens is 412 g/mol. The molecule has 9 nitrogen and oxygen atoms in total. The molecule has 3 rings (SSSR count). The van der Waals surface area contributed by atoms with E-state index in [1.54, 1.807) is 30.3 Å². The summed E-state index contributed by atoms with van der Waals surface area (Å²) in [5.74, 6) is -1.86. The van der Waals surface area contributed by atoms with Crippen molar-refractivity contribution < 1.29 is 24.2 Å². The average Bonchev–Trinajstić information content (AvgIpc) is 2.81. The number of aromatic hydroxyl groups is 1. The number of rotatable bonds is 6. The molecule has 0 aliphatic heterocycles. The van der Waals surface area contributed by atoms with E-state index in [1.807, 2.05) is 0 Å². The van der Waals surface area contributed by atoms with Crippen LogP contribution in [0.25, 0.3) is 0 Å². The number of carbonyl (C=O) groups excluding carboxylic acids is 3. The fourth-order valence-corrected chi connectivity index (χ4v) is 3.45. The number of carbonyl (C=O) groups is 3. The van der Waals surface area contributed by atoms with Crippen molar-refractivity contribution in [1.82, 2.24) is 10.7 Å². The average molecular weight is 438 g/mol. The third-order valence-corrected chi connectivity index (χ3v) is 5.17. The molecule has 168 valence electrons. The number of ether oxygens (including phenoxy) is 1. The smallest absolute Gasteiger partial charge is 0.329 e. The molecule has 0 saturated heterocycles. The van der Waals surface area contributed by atoms with E-state index in [-0.39, 0.29) is 28.9 Å². The van der Waals surface area contributed by atoms with Gasteiger partial charge in [0.25, 0.3) is 5.91 Å². The maximum absolute atomic E-state index is 12.7. The Morgan fingerprint density at radius 3 is 2.56 bits per heavy atom. The van der Waals surface area contributed by atoms with Crippen LogP contribution in [0.3, 0.4) is 0 Å². The van der Waals surface area contributed by atoms with E-state index in [0.717, 1.165) is 25.7 Å². The van der Waals surface area contributed by atoms with Crippen LogP contribution >= 0.6 is 0 Å². The molecule has 1 aliphatic rings. The maximum atomic E-state index is 12.7. The second-order valence-electron chi connectivity index (χ2n) is 7.43. The number of anilines is 1. The van der Waals surface area contributed by atoms with Gasteiger partial charge < -0.3 is 20.5 Å². The minimum Gasteiger partial charge on any atom is -0.507 e. The molecule has 1 saturated carbocycles. The summed E-state index contributed by atoms with van der Waals surface area (Å²) in [6.07, 6.45) is 6.39. The van der Waals surface area contributed by atoms with Gasteiger partial charge in [0.2, 0.25) is 0 Å². The van der Waals surface area contributed by atoms with E-state index < -0.39 is 11.8 Å². The van der Waals surface area contributed by atoms with Crippen LogP contribution in [-0.4, -0.2) is 42.2 Å². The topological polar surface area (TPSA) is 129 Å². The molecule has 0 aromatic heterocycles. The number of nitrogens with one attached hydrogen (secondary N) is 3. The maximum Gasteiger partial charge on any atom is 0.329 e. The summed E-state index contributed by atoms with van der Waals surface area (Å²) < 4.78 is 5.06. The van der Waals surface area contributed by atoms with Crippen LogP contribution in [0.4, 0.5) is 5.69 Å². The molecule has 1 fully saturated rings. The lowest BCUT2D eigenvalue weighted by atomic mass is 9.95. The van der Waals surface area contributed by atoms with Gasteiger partial charge in [0.15, 0.2) is 0 Å². The second-order valence-corrected chi connectivity index (χ2v) is 7.43. The summed E-state index contributed by atoms with van der Waals surface area (Å²) in [6, 6.07) is 11.1. The Labute approximate surface area is 185 Å². The van der Waals surface area contributed by atoms with Crippen molar-refractivity contribution >= 4 is 29.6 Å². The third-order valence-electron chi connectivity index (χ3n) is 5.17. The van der Waals surface area contributed by atoms with Gasteiger partial charge in [-0.1, -0.05) is 31.4 Å². The van der Waals surface area contributed by atoms with Crippen LogP contribution in [0, 0.1) is 0 Å². The van der Waals surface area contributed by atoms with E-state index in [9.17, 15) is 19.5 Å². The lowest BCUT2D eigenvalue weighted by Crippen LogP contribution is -2.37. The largest absolute Gasteiger partial charge is 0.507 e. The summed E-state index contributed by atoms with van der Waals surface area (Å²) in [5, 5.41) is 19.0. The second kappa shape index (κ2) is 10.9. The number of benzene rings is 2. The molecule has 0 unspecified atom stereocenters. The third kappa shape index (κ3) is 6.07. The van der Waals surface area contributed by atoms with Gasteiger partial charge in [0, 0.05) is 11.6 Å². The molecule has 2 aromatic rings. The number of hydrazone groups is 1. The summed E-state index contributed by atoms with van der Waals surface area (Å²) in [4.78, 5) is 37.1. The predicted molar refractivity (Wildman–Crippen MR) is 120 cm³/mol. The number of phenolic OH excluding ortho intramolecular Hbond substituents is 1. The molecule has 2 aromatic carbocycles. The molecular formula is C23H26N4O5. The number of hydrogen-bond acceptors (Lipinski definition) is 6. The highest BCUT2D eigenvalue weighted by atomic mass is 16.5. The minimum atomic E-state index is -1.02. The zero-order valence-electron chi connectivity index (χ0n) is 17.8. The van der Waals surface area contributed by atoms with E-state index in [2.05, 4.69) is 21.2 Å². The van der Waals surface area contributed by atoms with Crippen molar-refractivity contribution in [3.05, 3.63) is 53.6 Å². The molecule has 4 N–H and O–H groups in total. The number of methoxy groups -OCH3 is 1. The van der Waals surface area contributed by atoms with Crippen molar-refractivity contribution in [2.24, 2.45) is 5.10 Å². The number of phenols is 1. The van der Waals surface area contributed by atoms with E-state index >= 15 is 0 Å². The zero-order chi connectivity index (χ0) is 22.9. The normalized spacial score (nSPS) is 14.0. The number of para-hydroxylation sites is 1. The molecule has 32 heavy (non-hydrogen) atoms. The van der Waals surface area contributed by atoms with Gasteiger partial charge in [-0.25, -0.2) is 5.43 Å². The van der Waals surface area contributed by atoms with E-state index in [0.29, 0.717) is 11.3 Å². The summed E-state index contributed by atoms with van der Waals surface area (Å²) in [5.41, 5.74) is 2.91. The Balaban J connectivity index is 1.60. The molecule has 0 atom stereocenters. The molecule has 1 aliphatic carbocycles. The molecule has 3 amide bonds. The highest BCUT2D eigenvalue weighted by molar-refractivity contribution is 6.40. The summed E-state index contributed by atoms with van der Waals surface area (Å²) >= 11 is 0. The Morgan fingerprint density at radius 1 is 1.06 bits per heavy atom. The van der Waals surface area contributed by atoms with Crippen LogP contribution in [-0.2, 0) is 9.59 Å². The van der Waals surface area contributed by atoms with Crippen molar-refractivity contribution in [3.8, 4) is 11.5 Å². The number of hydrogen-bond donors (Lipinski definition) is 4. The lowest BCUT2D eigenvalue weighted by Gasteiger charge is -2.23. The first-order valence-corrected chi connectivity index (χ1v) is 10.4. The monoisotopic (exact) mass is 438 g/mol. The summed E-state index contributed by atoms with van der Waals surface area (Å²) in [7, 11) is 1.48. The Kier molecular flexibility index (Phi) is 7.80. The first kappa shape index (κ1) is 22.8. The Morgan fingerprint density at radius 2 is 1.81 bits per heavy atom. The van der Waals surface area contributed by atoms with Gasteiger partial charge in [0.05, 0.1) is 24.6 Å². The number of nitrogens with zero attached hydrogens (tertiary/aromatic N) is 1. The highest BCUT2D eigenvalue weighted by Crippen LogP contribution is 2.21. The molecule has 0 spiro atoms. The van der Waals surface area contributed by atoms with Gasteiger partial charge >= 0.3 is 11.8 Å². The Hall–Kier alpha value is -3.88. The van der Waals surface area contributed by atoms with Crippen molar-refractivity contribution in [2.75, 3.05) is 12.4 Å². The van der Waals surface area contributed by atoms with Gasteiger partial charge in [-0.05, 0) is 43.2 Å². The van der Waals surface area contributed by atoms with E-state index in [1.165, 1.54) is 31.9 Å². The molecule has 0 heterocycles. The minimum absolute atomic E-state index is 0.0637. The fraction of sp³-hybridized carbons (Fsp3) is 0.304. The standard InChI is InChI=1S/C23H26N4O5/c1-32-17-11-12-20(28)15(13-17)14-24-27-23(31)22(30)26-19-10-6-5-9-18(19)21(29)25-16-7-3-2-4-8-16/h5-6,9-14,16,28H,2-4,7-8H2,1H3,(H,25,29)(H,26,30)(H,27,31). The van der Waals surface area contributed by atoms with Gasteiger partial charge in [-0.2, -0.15) is 5.10 Å². The first-order chi connectivity index (χ1) is 15.5. The van der Waals surface area contributed by atoms with Crippen LogP contribution in [0.15, 0.2) is 47.6 Å². The fourth-order valence-electron chi connectivity index (χ4n) is 3.45. The molecule has 0 bridgehead atoms. The summed E-state index contributed by atoms with van der Waals surface area (Å²) in [6.45, 7) is 0. The molecule has 0 radical (unpaired) electrons. The van der Waals surface area contributed by atoms with Crippen LogP contribution in [0.1, 0.15) is 48.0 Å². The van der Waals surface area contributed by atoms with Crippen molar-refractivity contribution in [2.45, 2.75) is 38.1 Å². The van der Waals surface area contributed by atoms with Gasteiger partial charge in [-0.3, -0.25) is 14.4 Å². The quantitative estimate of drug-likeness (QED) is 0.313. The van der Waals surface area contributed by atoms with Crippen molar-refractivity contribution in [3.63, 3.8) is 0 Å². The Bertz CT molecular complexity index is 1020. The van der Waals surface area contributed by atoms with Gasteiger partial charge in [-0.15, -0.1) is 0 Å². The van der Waals surface area contributed by atoms with Gasteiger partial charge in [0.1, 0.15) is 11.5 Å².